The van der Waals surface area contributed by atoms with E-state index in [9.17, 15) is 4.79 Å². The first-order chi connectivity index (χ1) is 6.06. The van der Waals surface area contributed by atoms with Crippen LogP contribution in [-0.4, -0.2) is 36.1 Å². The minimum atomic E-state index is -0.698. The molecule has 0 saturated heterocycles. The minimum absolute atomic E-state index is 0.249. The normalized spacial score (nSPS) is 13.2. The quantitative estimate of drug-likeness (QED) is 0.661. The molecule has 0 aliphatic rings. The maximum absolute atomic E-state index is 10.4. The molecule has 1 atom stereocenters. The fourth-order valence-corrected chi connectivity index (χ4v) is 1.41. The third-order valence-corrected chi connectivity index (χ3v) is 2.04. The lowest BCUT2D eigenvalue weighted by Crippen LogP contribution is -2.26. The summed E-state index contributed by atoms with van der Waals surface area (Å²) in [4.78, 5) is 12.6. The Morgan fingerprint density at radius 3 is 2.62 bits per heavy atom. The van der Waals surface area contributed by atoms with Gasteiger partial charge in [-0.15, -0.1) is 0 Å². The number of hydrogen-bond donors (Lipinski definition) is 1. The Morgan fingerprint density at radius 2 is 2.15 bits per heavy atom. The summed E-state index contributed by atoms with van der Waals surface area (Å²) in [5.74, 6) is -0.448. The molecule has 0 amide bonds. The van der Waals surface area contributed by atoms with Crippen molar-refractivity contribution in [1.82, 2.24) is 4.90 Å². The summed E-state index contributed by atoms with van der Waals surface area (Å²) in [5.41, 5.74) is 0. The van der Waals surface area contributed by atoms with Crippen LogP contribution in [0.1, 0.15) is 33.1 Å². The number of unbranched alkanes of at least 4 members (excludes halogenated alkanes) is 1. The summed E-state index contributed by atoms with van der Waals surface area (Å²) in [7, 11) is 2.05. The minimum Gasteiger partial charge on any atom is -0.481 e. The molecular weight excluding hydrogens is 166 g/mol. The third-order valence-electron chi connectivity index (χ3n) is 2.04. The van der Waals surface area contributed by atoms with Crippen LogP contribution in [0.3, 0.4) is 0 Å². The van der Waals surface area contributed by atoms with Crippen LogP contribution in [0.4, 0.5) is 0 Å². The SMILES string of the molecule is CCCCN(C)CC(C)CC(=O)O. The molecule has 0 bridgehead atoms. The van der Waals surface area contributed by atoms with Crippen LogP contribution in [-0.2, 0) is 4.79 Å². The number of hydrogen-bond acceptors (Lipinski definition) is 2. The zero-order valence-corrected chi connectivity index (χ0v) is 8.92. The monoisotopic (exact) mass is 187 g/mol. The number of rotatable bonds is 7. The smallest absolute Gasteiger partial charge is 0.303 e. The number of carboxylic acid groups (broad SMARTS) is 1. The van der Waals surface area contributed by atoms with Gasteiger partial charge < -0.3 is 10.0 Å². The molecule has 0 aromatic rings. The van der Waals surface area contributed by atoms with Crippen molar-refractivity contribution in [3.63, 3.8) is 0 Å². The lowest BCUT2D eigenvalue weighted by Gasteiger charge is -2.19. The summed E-state index contributed by atoms with van der Waals surface area (Å²) in [5, 5.41) is 8.55. The van der Waals surface area contributed by atoms with Crippen molar-refractivity contribution in [3.05, 3.63) is 0 Å². The predicted octanol–water partition coefficient (Wildman–Crippen LogP) is 1.83. The van der Waals surface area contributed by atoms with E-state index in [1.54, 1.807) is 0 Å². The van der Waals surface area contributed by atoms with E-state index < -0.39 is 5.97 Å². The van der Waals surface area contributed by atoms with Gasteiger partial charge in [0.2, 0.25) is 0 Å². The molecule has 3 nitrogen and oxygen atoms in total. The van der Waals surface area contributed by atoms with Crippen molar-refractivity contribution in [3.8, 4) is 0 Å². The van der Waals surface area contributed by atoms with E-state index in [2.05, 4.69) is 11.8 Å². The Kier molecular flexibility index (Phi) is 6.59. The zero-order valence-electron chi connectivity index (χ0n) is 8.92. The van der Waals surface area contributed by atoms with Gasteiger partial charge in [0.05, 0.1) is 0 Å². The lowest BCUT2D eigenvalue weighted by molar-refractivity contribution is -0.138. The molecule has 1 N–H and O–H groups in total. The predicted molar refractivity (Wildman–Crippen MR) is 53.8 cm³/mol. The first kappa shape index (κ1) is 12.4. The van der Waals surface area contributed by atoms with E-state index >= 15 is 0 Å². The average molecular weight is 187 g/mol. The Hall–Kier alpha value is -0.570. The number of nitrogens with zero attached hydrogens (tertiary/aromatic N) is 1. The summed E-state index contributed by atoms with van der Waals surface area (Å²) in [6.07, 6.45) is 2.66. The lowest BCUT2D eigenvalue weighted by atomic mass is 10.1. The van der Waals surface area contributed by atoms with E-state index in [0.29, 0.717) is 0 Å². The molecule has 0 rings (SSSR count). The van der Waals surface area contributed by atoms with Crippen LogP contribution in [0.5, 0.6) is 0 Å². The van der Waals surface area contributed by atoms with Gasteiger partial charge in [-0.2, -0.15) is 0 Å². The molecule has 0 radical (unpaired) electrons. The Morgan fingerprint density at radius 1 is 1.54 bits per heavy atom. The van der Waals surface area contributed by atoms with Gasteiger partial charge in [0.15, 0.2) is 0 Å². The summed E-state index contributed by atoms with van der Waals surface area (Å²) >= 11 is 0. The number of aliphatic carboxylic acids is 1. The first-order valence-corrected chi connectivity index (χ1v) is 4.96. The second kappa shape index (κ2) is 6.89. The standard InChI is InChI=1S/C10H21NO2/c1-4-5-6-11(3)8-9(2)7-10(12)13/h9H,4-8H2,1-3H3,(H,12,13). The van der Waals surface area contributed by atoms with Crippen LogP contribution in [0.15, 0.2) is 0 Å². The van der Waals surface area contributed by atoms with E-state index in [4.69, 9.17) is 5.11 Å². The molecule has 0 spiro atoms. The summed E-state index contributed by atoms with van der Waals surface area (Å²) in [6.45, 7) is 6.10. The van der Waals surface area contributed by atoms with Crippen molar-refractivity contribution in [2.75, 3.05) is 20.1 Å². The molecule has 0 fully saturated rings. The van der Waals surface area contributed by atoms with Gasteiger partial charge in [-0.25, -0.2) is 0 Å². The van der Waals surface area contributed by atoms with Gasteiger partial charge >= 0.3 is 5.97 Å². The molecule has 0 aliphatic carbocycles. The van der Waals surface area contributed by atoms with Crippen LogP contribution >= 0.6 is 0 Å². The van der Waals surface area contributed by atoms with Gasteiger partial charge in [-0.1, -0.05) is 20.3 Å². The molecule has 13 heavy (non-hydrogen) atoms. The highest BCUT2D eigenvalue weighted by Crippen LogP contribution is 2.04. The highest BCUT2D eigenvalue weighted by atomic mass is 16.4. The van der Waals surface area contributed by atoms with E-state index in [0.717, 1.165) is 13.1 Å². The zero-order chi connectivity index (χ0) is 10.3. The molecule has 0 heterocycles. The van der Waals surface area contributed by atoms with Crippen molar-refractivity contribution < 1.29 is 9.90 Å². The molecule has 0 saturated carbocycles. The second-order valence-corrected chi connectivity index (χ2v) is 3.82. The molecule has 3 heteroatoms. The maximum atomic E-state index is 10.4. The van der Waals surface area contributed by atoms with E-state index in [-0.39, 0.29) is 12.3 Å². The van der Waals surface area contributed by atoms with Crippen LogP contribution in [0.25, 0.3) is 0 Å². The van der Waals surface area contributed by atoms with Crippen molar-refractivity contribution in [2.45, 2.75) is 33.1 Å². The van der Waals surface area contributed by atoms with Crippen molar-refractivity contribution in [1.29, 1.82) is 0 Å². The van der Waals surface area contributed by atoms with E-state index in [1.807, 2.05) is 14.0 Å². The van der Waals surface area contributed by atoms with Crippen LogP contribution in [0.2, 0.25) is 0 Å². The van der Waals surface area contributed by atoms with Gasteiger partial charge in [-0.3, -0.25) is 4.79 Å². The molecule has 0 aliphatic heterocycles. The third kappa shape index (κ3) is 7.78. The molecule has 1 unspecified atom stereocenters. The molecular formula is C10H21NO2. The average Bonchev–Trinajstić information content (AvgIpc) is 1.98. The summed E-state index contributed by atoms with van der Waals surface area (Å²) in [6, 6.07) is 0. The number of carboxylic acids is 1. The van der Waals surface area contributed by atoms with Gasteiger partial charge in [0, 0.05) is 13.0 Å². The molecule has 78 valence electrons. The van der Waals surface area contributed by atoms with Gasteiger partial charge in [0.25, 0.3) is 0 Å². The van der Waals surface area contributed by atoms with Crippen molar-refractivity contribution in [2.24, 2.45) is 5.92 Å². The van der Waals surface area contributed by atoms with E-state index in [1.165, 1.54) is 12.8 Å². The first-order valence-electron chi connectivity index (χ1n) is 4.96. The number of carbonyl (C=O) groups is 1. The molecule has 0 aromatic heterocycles. The van der Waals surface area contributed by atoms with Crippen LogP contribution < -0.4 is 0 Å². The highest BCUT2D eigenvalue weighted by Gasteiger charge is 2.09. The maximum Gasteiger partial charge on any atom is 0.303 e. The molecule has 0 aromatic carbocycles. The van der Waals surface area contributed by atoms with Crippen molar-refractivity contribution >= 4 is 5.97 Å². The van der Waals surface area contributed by atoms with Gasteiger partial charge in [0.1, 0.15) is 0 Å². The largest absolute Gasteiger partial charge is 0.481 e. The topological polar surface area (TPSA) is 40.5 Å². The Balaban J connectivity index is 3.52. The Labute approximate surface area is 80.7 Å². The summed E-state index contributed by atoms with van der Waals surface area (Å²) < 4.78 is 0. The fraction of sp³-hybridized carbons (Fsp3) is 0.900. The fourth-order valence-electron chi connectivity index (χ4n) is 1.41. The van der Waals surface area contributed by atoms with Gasteiger partial charge in [-0.05, 0) is 25.9 Å². The second-order valence-electron chi connectivity index (χ2n) is 3.82. The van der Waals surface area contributed by atoms with Crippen LogP contribution in [0, 0.1) is 5.92 Å². The highest BCUT2D eigenvalue weighted by molar-refractivity contribution is 5.66. The Bertz CT molecular complexity index is 148.